The SMILES string of the molecule is Cc1ccc(-n2nnnc2-c2cn[nH]c2-c2ccc(C(F)(F)F)cc2)cc1. The van der Waals surface area contributed by atoms with Crippen LogP contribution < -0.4 is 0 Å². The van der Waals surface area contributed by atoms with Crippen LogP contribution in [0.1, 0.15) is 11.1 Å². The molecule has 0 unspecified atom stereocenters. The summed E-state index contributed by atoms with van der Waals surface area (Å²) in [5, 5.41) is 18.6. The molecule has 136 valence electrons. The standard InChI is InChI=1S/C18H13F3N6/c1-11-2-8-14(9-3-11)27-17(24-25-26-27)15-10-22-23-16(15)12-4-6-13(7-5-12)18(19,20)21/h2-10H,1H3,(H,22,23). The molecule has 1 N–H and O–H groups in total. The smallest absolute Gasteiger partial charge is 0.277 e. The van der Waals surface area contributed by atoms with E-state index in [4.69, 9.17) is 0 Å². The highest BCUT2D eigenvalue weighted by molar-refractivity contribution is 5.77. The minimum absolute atomic E-state index is 0.433. The van der Waals surface area contributed by atoms with Crippen molar-refractivity contribution >= 4 is 0 Å². The van der Waals surface area contributed by atoms with Gasteiger partial charge < -0.3 is 0 Å². The summed E-state index contributed by atoms with van der Waals surface area (Å²) in [6, 6.07) is 12.5. The zero-order valence-corrected chi connectivity index (χ0v) is 14.1. The van der Waals surface area contributed by atoms with Gasteiger partial charge in [-0.2, -0.15) is 23.0 Å². The van der Waals surface area contributed by atoms with E-state index in [2.05, 4.69) is 25.7 Å². The number of rotatable bonds is 3. The van der Waals surface area contributed by atoms with Gasteiger partial charge >= 0.3 is 6.18 Å². The first kappa shape index (κ1) is 17.0. The van der Waals surface area contributed by atoms with E-state index in [1.54, 1.807) is 10.9 Å². The van der Waals surface area contributed by atoms with Crippen molar-refractivity contribution < 1.29 is 13.2 Å². The Morgan fingerprint density at radius 2 is 1.67 bits per heavy atom. The summed E-state index contributed by atoms with van der Waals surface area (Å²) in [6.07, 6.45) is -2.84. The number of halogens is 3. The molecule has 2 aromatic carbocycles. The van der Waals surface area contributed by atoms with Crippen LogP contribution in [0.4, 0.5) is 13.2 Å². The Morgan fingerprint density at radius 1 is 0.963 bits per heavy atom. The molecule has 0 aliphatic heterocycles. The lowest BCUT2D eigenvalue weighted by Crippen LogP contribution is -2.04. The van der Waals surface area contributed by atoms with Gasteiger partial charge in [0, 0.05) is 5.56 Å². The van der Waals surface area contributed by atoms with Crippen molar-refractivity contribution in [3.05, 3.63) is 65.9 Å². The zero-order chi connectivity index (χ0) is 19.0. The minimum Gasteiger partial charge on any atom is -0.277 e. The summed E-state index contributed by atoms with van der Waals surface area (Å²) >= 11 is 0. The van der Waals surface area contributed by atoms with Crippen LogP contribution in [0.5, 0.6) is 0 Å². The van der Waals surface area contributed by atoms with Gasteiger partial charge in [0.2, 0.25) is 0 Å². The van der Waals surface area contributed by atoms with E-state index in [0.717, 1.165) is 23.4 Å². The van der Waals surface area contributed by atoms with Crippen LogP contribution in [-0.2, 0) is 6.18 Å². The molecule has 2 aromatic heterocycles. The van der Waals surface area contributed by atoms with Gasteiger partial charge in [-0.25, -0.2) is 0 Å². The molecular weight excluding hydrogens is 357 g/mol. The highest BCUT2D eigenvalue weighted by Gasteiger charge is 2.30. The number of alkyl halides is 3. The molecule has 0 radical (unpaired) electrons. The third-order valence-electron chi connectivity index (χ3n) is 4.13. The number of H-pyrrole nitrogens is 1. The molecule has 0 bridgehead atoms. The van der Waals surface area contributed by atoms with Crippen LogP contribution in [0.25, 0.3) is 28.3 Å². The Balaban J connectivity index is 1.76. The molecule has 0 aliphatic rings. The van der Waals surface area contributed by atoms with Crippen molar-refractivity contribution in [1.29, 1.82) is 0 Å². The van der Waals surface area contributed by atoms with E-state index in [-0.39, 0.29) is 0 Å². The summed E-state index contributed by atoms with van der Waals surface area (Å²) in [5.74, 6) is 0.433. The van der Waals surface area contributed by atoms with Crippen molar-refractivity contribution in [2.45, 2.75) is 13.1 Å². The molecule has 0 saturated heterocycles. The highest BCUT2D eigenvalue weighted by Crippen LogP contribution is 2.33. The van der Waals surface area contributed by atoms with Crippen LogP contribution in [0, 0.1) is 6.92 Å². The molecule has 0 saturated carbocycles. The monoisotopic (exact) mass is 370 g/mol. The summed E-state index contributed by atoms with van der Waals surface area (Å²) < 4.78 is 39.9. The van der Waals surface area contributed by atoms with E-state index in [9.17, 15) is 13.2 Å². The lowest BCUT2D eigenvalue weighted by molar-refractivity contribution is -0.137. The van der Waals surface area contributed by atoms with Crippen molar-refractivity contribution in [1.82, 2.24) is 30.4 Å². The average molecular weight is 370 g/mol. The second kappa shape index (κ2) is 6.35. The van der Waals surface area contributed by atoms with Gasteiger partial charge in [0.25, 0.3) is 0 Å². The molecule has 4 aromatic rings. The van der Waals surface area contributed by atoms with Crippen LogP contribution in [-0.4, -0.2) is 30.4 Å². The Labute approximate surface area is 151 Å². The molecule has 0 spiro atoms. The fourth-order valence-electron chi connectivity index (χ4n) is 2.72. The Bertz CT molecular complexity index is 1060. The fraction of sp³-hybridized carbons (Fsp3) is 0.111. The van der Waals surface area contributed by atoms with Crippen molar-refractivity contribution in [2.24, 2.45) is 0 Å². The van der Waals surface area contributed by atoms with Crippen molar-refractivity contribution in [2.75, 3.05) is 0 Å². The molecule has 0 fully saturated rings. The molecule has 0 atom stereocenters. The molecule has 4 rings (SSSR count). The number of tetrazole rings is 1. The maximum atomic E-state index is 12.8. The number of aromatic amines is 1. The Morgan fingerprint density at radius 3 is 2.33 bits per heavy atom. The van der Waals surface area contributed by atoms with E-state index >= 15 is 0 Å². The van der Waals surface area contributed by atoms with Gasteiger partial charge in [-0.1, -0.05) is 29.8 Å². The predicted octanol–water partition coefficient (Wildman–Crippen LogP) is 4.05. The number of nitrogens with zero attached hydrogens (tertiary/aromatic N) is 5. The summed E-state index contributed by atoms with van der Waals surface area (Å²) in [5.41, 5.74) is 2.82. The van der Waals surface area contributed by atoms with E-state index in [0.29, 0.717) is 22.6 Å². The quantitative estimate of drug-likeness (QED) is 0.591. The summed E-state index contributed by atoms with van der Waals surface area (Å²) in [4.78, 5) is 0. The summed E-state index contributed by atoms with van der Waals surface area (Å²) in [7, 11) is 0. The van der Waals surface area contributed by atoms with Crippen LogP contribution in [0.15, 0.2) is 54.7 Å². The lowest BCUT2D eigenvalue weighted by atomic mass is 10.1. The predicted molar refractivity (Wildman–Crippen MR) is 91.9 cm³/mol. The number of hydrogen-bond acceptors (Lipinski definition) is 4. The fourth-order valence-corrected chi connectivity index (χ4v) is 2.72. The molecule has 6 nitrogen and oxygen atoms in total. The van der Waals surface area contributed by atoms with E-state index in [1.807, 2.05) is 31.2 Å². The van der Waals surface area contributed by atoms with Crippen LogP contribution in [0.3, 0.4) is 0 Å². The lowest BCUT2D eigenvalue weighted by Gasteiger charge is -2.08. The Kier molecular flexibility index (Phi) is 3.98. The van der Waals surface area contributed by atoms with Gasteiger partial charge in [0.05, 0.1) is 28.7 Å². The number of aryl methyl sites for hydroxylation is 1. The third-order valence-corrected chi connectivity index (χ3v) is 4.13. The highest BCUT2D eigenvalue weighted by atomic mass is 19.4. The molecule has 2 heterocycles. The van der Waals surface area contributed by atoms with Crippen molar-refractivity contribution in [3.63, 3.8) is 0 Å². The van der Waals surface area contributed by atoms with Crippen LogP contribution >= 0.6 is 0 Å². The van der Waals surface area contributed by atoms with Gasteiger partial charge in [0.1, 0.15) is 0 Å². The number of hydrogen-bond donors (Lipinski definition) is 1. The first-order valence-electron chi connectivity index (χ1n) is 8.00. The second-order valence-electron chi connectivity index (χ2n) is 5.98. The topological polar surface area (TPSA) is 72.3 Å². The third kappa shape index (κ3) is 3.19. The van der Waals surface area contributed by atoms with E-state index in [1.165, 1.54) is 12.1 Å². The van der Waals surface area contributed by atoms with Crippen LogP contribution in [0.2, 0.25) is 0 Å². The maximum absolute atomic E-state index is 12.8. The zero-order valence-electron chi connectivity index (χ0n) is 14.1. The molecule has 27 heavy (non-hydrogen) atoms. The van der Waals surface area contributed by atoms with E-state index < -0.39 is 11.7 Å². The molecule has 0 aliphatic carbocycles. The average Bonchev–Trinajstić information content (AvgIpc) is 3.30. The first-order chi connectivity index (χ1) is 12.9. The maximum Gasteiger partial charge on any atom is 0.416 e. The molecule has 0 amide bonds. The minimum atomic E-state index is -4.38. The van der Waals surface area contributed by atoms with Gasteiger partial charge in [0.15, 0.2) is 5.82 Å². The first-order valence-corrected chi connectivity index (χ1v) is 8.00. The summed E-state index contributed by atoms with van der Waals surface area (Å²) in [6.45, 7) is 1.98. The van der Waals surface area contributed by atoms with Crippen molar-refractivity contribution in [3.8, 4) is 28.3 Å². The Hall–Kier alpha value is -3.49. The number of benzene rings is 2. The second-order valence-corrected chi connectivity index (χ2v) is 5.98. The normalized spacial score (nSPS) is 11.7. The van der Waals surface area contributed by atoms with Gasteiger partial charge in [-0.3, -0.25) is 5.10 Å². The largest absolute Gasteiger partial charge is 0.416 e. The number of aromatic nitrogens is 6. The van der Waals surface area contributed by atoms with Gasteiger partial charge in [-0.15, -0.1) is 5.10 Å². The number of nitrogens with one attached hydrogen (secondary N) is 1. The molecule has 9 heteroatoms. The molecular formula is C18H13F3N6. The van der Waals surface area contributed by atoms with Gasteiger partial charge in [-0.05, 0) is 41.6 Å².